The zero-order valence-corrected chi connectivity index (χ0v) is 14.3. The molecular weight excluding hydrogens is 292 g/mol. The summed E-state index contributed by atoms with van der Waals surface area (Å²) in [5.41, 5.74) is 2.50. The number of carbonyl (C=O) groups excluding carboxylic acids is 2. The Balaban J connectivity index is 1.70. The number of aromatic amines is 1. The van der Waals surface area contributed by atoms with Crippen molar-refractivity contribution in [2.24, 2.45) is 5.41 Å². The van der Waals surface area contributed by atoms with Gasteiger partial charge >= 0.3 is 0 Å². The van der Waals surface area contributed by atoms with Gasteiger partial charge in [0.15, 0.2) is 0 Å². The smallest absolute Gasteiger partial charge is 0.230 e. The minimum atomic E-state index is -0.329. The van der Waals surface area contributed by atoms with Crippen LogP contribution in [0.1, 0.15) is 43.1 Å². The molecule has 0 bridgehead atoms. The number of likely N-dealkylation sites (tertiary alicyclic amines) is 2. The van der Waals surface area contributed by atoms with Gasteiger partial charge in [-0.2, -0.15) is 5.10 Å². The van der Waals surface area contributed by atoms with E-state index in [4.69, 9.17) is 0 Å². The number of aryl methyl sites for hydroxylation is 2. The van der Waals surface area contributed by atoms with Gasteiger partial charge in [-0.15, -0.1) is 0 Å². The molecular formula is C17H26N4O2. The predicted molar refractivity (Wildman–Crippen MR) is 86.9 cm³/mol. The van der Waals surface area contributed by atoms with E-state index in [0.717, 1.165) is 49.3 Å². The highest BCUT2D eigenvalue weighted by Gasteiger charge is 2.48. The maximum atomic E-state index is 12.7. The fourth-order valence-electron chi connectivity index (χ4n) is 4.02. The van der Waals surface area contributed by atoms with Crippen LogP contribution in [-0.2, 0) is 16.0 Å². The van der Waals surface area contributed by atoms with E-state index in [-0.39, 0.29) is 17.2 Å². The molecule has 1 unspecified atom stereocenters. The minimum Gasteiger partial charge on any atom is -0.342 e. The molecule has 2 amide bonds. The number of nitrogens with one attached hydrogen (secondary N) is 1. The molecule has 1 aromatic heterocycles. The molecule has 1 aromatic rings. The summed E-state index contributed by atoms with van der Waals surface area (Å²) in [4.78, 5) is 29.2. The Morgan fingerprint density at radius 3 is 2.74 bits per heavy atom. The number of rotatable bonds is 3. The van der Waals surface area contributed by atoms with Crippen LogP contribution in [0, 0.1) is 19.3 Å². The average Bonchev–Trinajstić information content (AvgIpc) is 3.10. The lowest BCUT2D eigenvalue weighted by Gasteiger charge is -2.38. The van der Waals surface area contributed by atoms with Crippen molar-refractivity contribution in [3.05, 3.63) is 17.0 Å². The standard InChI is InChI=1S/C17H26N4O2/c1-4-20-8-5-6-17(16(20)23)7-9-21(11-17)15(22)10-14-12(2)18-19-13(14)3/h4-11H2,1-3H3,(H,18,19). The second-order valence-electron chi connectivity index (χ2n) is 6.92. The number of carbonyl (C=O) groups is 2. The van der Waals surface area contributed by atoms with Crippen molar-refractivity contribution < 1.29 is 9.59 Å². The summed E-state index contributed by atoms with van der Waals surface area (Å²) in [6.07, 6.45) is 3.13. The van der Waals surface area contributed by atoms with E-state index in [2.05, 4.69) is 10.2 Å². The van der Waals surface area contributed by atoms with Gasteiger partial charge in [-0.1, -0.05) is 0 Å². The highest BCUT2D eigenvalue weighted by molar-refractivity contribution is 5.86. The summed E-state index contributed by atoms with van der Waals surface area (Å²) in [5, 5.41) is 7.08. The Morgan fingerprint density at radius 2 is 2.09 bits per heavy atom. The van der Waals surface area contributed by atoms with Gasteiger partial charge in [-0.3, -0.25) is 14.7 Å². The Bertz CT molecular complexity index is 605. The summed E-state index contributed by atoms with van der Waals surface area (Å²) >= 11 is 0. The molecule has 6 nitrogen and oxygen atoms in total. The zero-order valence-electron chi connectivity index (χ0n) is 14.3. The van der Waals surface area contributed by atoms with E-state index in [1.165, 1.54) is 0 Å². The first-order chi connectivity index (χ1) is 11.0. The van der Waals surface area contributed by atoms with Crippen LogP contribution < -0.4 is 0 Å². The van der Waals surface area contributed by atoms with Crippen molar-refractivity contribution in [2.75, 3.05) is 26.2 Å². The third-order valence-electron chi connectivity index (χ3n) is 5.52. The molecule has 6 heteroatoms. The Labute approximate surface area is 137 Å². The van der Waals surface area contributed by atoms with Crippen LogP contribution in [0.2, 0.25) is 0 Å². The lowest BCUT2D eigenvalue weighted by Crippen LogP contribution is -2.50. The van der Waals surface area contributed by atoms with Crippen LogP contribution in [0.5, 0.6) is 0 Å². The summed E-state index contributed by atoms with van der Waals surface area (Å²) in [5.74, 6) is 0.355. The Kier molecular flexibility index (Phi) is 4.17. The fourth-order valence-corrected chi connectivity index (χ4v) is 4.02. The quantitative estimate of drug-likeness (QED) is 0.916. The number of nitrogens with zero attached hydrogens (tertiary/aromatic N) is 3. The first kappa shape index (κ1) is 16.0. The summed E-state index contributed by atoms with van der Waals surface area (Å²) in [7, 11) is 0. The lowest BCUT2D eigenvalue weighted by atomic mass is 9.78. The first-order valence-electron chi connectivity index (χ1n) is 8.54. The number of amides is 2. The number of H-pyrrole nitrogens is 1. The third-order valence-corrected chi connectivity index (χ3v) is 5.52. The summed E-state index contributed by atoms with van der Waals surface area (Å²) in [6.45, 7) is 8.79. The van der Waals surface area contributed by atoms with Gasteiger partial charge in [0.25, 0.3) is 0 Å². The molecule has 3 heterocycles. The largest absolute Gasteiger partial charge is 0.342 e. The second-order valence-corrected chi connectivity index (χ2v) is 6.92. The Hall–Kier alpha value is -1.85. The van der Waals surface area contributed by atoms with Gasteiger partial charge < -0.3 is 9.80 Å². The van der Waals surface area contributed by atoms with Crippen molar-refractivity contribution >= 4 is 11.8 Å². The zero-order chi connectivity index (χ0) is 16.6. The molecule has 2 aliphatic heterocycles. The second kappa shape index (κ2) is 5.98. The molecule has 0 aliphatic carbocycles. The average molecular weight is 318 g/mol. The molecule has 23 heavy (non-hydrogen) atoms. The van der Waals surface area contributed by atoms with E-state index in [9.17, 15) is 9.59 Å². The highest BCUT2D eigenvalue weighted by Crippen LogP contribution is 2.40. The van der Waals surface area contributed by atoms with Crippen molar-refractivity contribution in [3.8, 4) is 0 Å². The molecule has 1 spiro atoms. The molecule has 2 fully saturated rings. The predicted octanol–water partition coefficient (Wildman–Crippen LogP) is 1.43. The van der Waals surface area contributed by atoms with E-state index in [0.29, 0.717) is 19.5 Å². The Morgan fingerprint density at radius 1 is 1.30 bits per heavy atom. The van der Waals surface area contributed by atoms with E-state index >= 15 is 0 Å². The van der Waals surface area contributed by atoms with Crippen molar-refractivity contribution in [1.29, 1.82) is 0 Å². The third kappa shape index (κ3) is 2.75. The van der Waals surface area contributed by atoms with Gasteiger partial charge in [-0.25, -0.2) is 0 Å². The van der Waals surface area contributed by atoms with E-state index in [1.807, 2.05) is 30.6 Å². The normalized spacial score (nSPS) is 24.7. The SMILES string of the molecule is CCN1CCCC2(CCN(C(=O)Cc3c(C)n[nH]c3C)C2)C1=O. The van der Waals surface area contributed by atoms with Gasteiger partial charge in [0, 0.05) is 37.4 Å². The van der Waals surface area contributed by atoms with Crippen LogP contribution in [0.3, 0.4) is 0 Å². The van der Waals surface area contributed by atoms with Gasteiger partial charge in [0.05, 0.1) is 17.5 Å². The fraction of sp³-hybridized carbons (Fsp3) is 0.706. The van der Waals surface area contributed by atoms with Gasteiger partial charge in [0.2, 0.25) is 11.8 Å². The molecule has 0 aromatic carbocycles. The highest BCUT2D eigenvalue weighted by atomic mass is 16.2. The molecule has 0 radical (unpaired) electrons. The molecule has 1 N–H and O–H groups in total. The number of aromatic nitrogens is 2. The molecule has 1 atom stereocenters. The van der Waals surface area contributed by atoms with E-state index < -0.39 is 0 Å². The molecule has 0 saturated carbocycles. The first-order valence-corrected chi connectivity index (χ1v) is 8.54. The molecule has 2 aliphatic rings. The van der Waals surface area contributed by atoms with Gasteiger partial charge in [0.1, 0.15) is 0 Å². The van der Waals surface area contributed by atoms with Gasteiger partial charge in [-0.05, 0) is 40.0 Å². The van der Waals surface area contributed by atoms with Crippen molar-refractivity contribution in [2.45, 2.75) is 46.5 Å². The van der Waals surface area contributed by atoms with Crippen molar-refractivity contribution in [1.82, 2.24) is 20.0 Å². The molecule has 2 saturated heterocycles. The minimum absolute atomic E-state index is 0.107. The number of hydrogen-bond acceptors (Lipinski definition) is 3. The summed E-state index contributed by atoms with van der Waals surface area (Å²) in [6, 6.07) is 0. The number of hydrogen-bond donors (Lipinski definition) is 1. The van der Waals surface area contributed by atoms with Crippen LogP contribution in [0.15, 0.2) is 0 Å². The van der Waals surface area contributed by atoms with Crippen LogP contribution in [-0.4, -0.2) is 58.0 Å². The van der Waals surface area contributed by atoms with Crippen LogP contribution >= 0.6 is 0 Å². The number of piperidine rings is 1. The van der Waals surface area contributed by atoms with Crippen molar-refractivity contribution in [3.63, 3.8) is 0 Å². The monoisotopic (exact) mass is 318 g/mol. The van der Waals surface area contributed by atoms with Crippen LogP contribution in [0.4, 0.5) is 0 Å². The maximum absolute atomic E-state index is 12.7. The maximum Gasteiger partial charge on any atom is 0.230 e. The van der Waals surface area contributed by atoms with E-state index in [1.54, 1.807) is 0 Å². The summed E-state index contributed by atoms with van der Waals surface area (Å²) < 4.78 is 0. The van der Waals surface area contributed by atoms with Crippen LogP contribution in [0.25, 0.3) is 0 Å². The lowest BCUT2D eigenvalue weighted by molar-refractivity contribution is -0.145. The molecule has 3 rings (SSSR count). The topological polar surface area (TPSA) is 69.3 Å². The molecule has 126 valence electrons.